The van der Waals surface area contributed by atoms with E-state index in [9.17, 15) is 10.0 Å². The van der Waals surface area contributed by atoms with Gasteiger partial charge in [0, 0.05) is 11.3 Å². The Bertz CT molecular complexity index is 651. The van der Waals surface area contributed by atoms with Gasteiger partial charge in [0.25, 0.3) is 0 Å². The van der Waals surface area contributed by atoms with Crippen molar-refractivity contribution in [3.8, 4) is 5.75 Å². The molecule has 0 saturated heterocycles. The van der Waals surface area contributed by atoms with Crippen LogP contribution in [0.2, 0.25) is 0 Å². The van der Waals surface area contributed by atoms with Crippen molar-refractivity contribution in [2.45, 2.75) is 6.92 Å². The van der Waals surface area contributed by atoms with Crippen LogP contribution in [0.4, 0.5) is 5.69 Å². The molecule has 0 saturated carbocycles. The number of carbonyl (C=O) groups is 1. The lowest BCUT2D eigenvalue weighted by molar-refractivity contribution is -0.117. The van der Waals surface area contributed by atoms with Crippen molar-refractivity contribution in [3.63, 3.8) is 0 Å². The van der Waals surface area contributed by atoms with E-state index in [1.165, 1.54) is 0 Å². The lowest BCUT2D eigenvalue weighted by Crippen LogP contribution is -2.28. The number of nitrogens with zero attached hydrogens (tertiary/aromatic N) is 1. The van der Waals surface area contributed by atoms with Crippen LogP contribution in [0.1, 0.15) is 12.5 Å². The average molecular weight is 298 g/mol. The summed E-state index contributed by atoms with van der Waals surface area (Å²) in [5.74, 6) is -0.121. The third kappa shape index (κ3) is 3.63. The SMILES string of the molecule is COc1ccc(NC(=O)C(C)C(=NO)c2ccccc2)cc1. The van der Waals surface area contributed by atoms with Crippen molar-refractivity contribution in [2.75, 3.05) is 12.4 Å². The van der Waals surface area contributed by atoms with Crippen LogP contribution >= 0.6 is 0 Å². The van der Waals surface area contributed by atoms with Gasteiger partial charge in [-0.05, 0) is 31.2 Å². The molecule has 5 heteroatoms. The molecule has 2 N–H and O–H groups in total. The third-order valence-corrected chi connectivity index (χ3v) is 3.34. The molecule has 0 radical (unpaired) electrons. The van der Waals surface area contributed by atoms with Gasteiger partial charge in [0.15, 0.2) is 0 Å². The highest BCUT2D eigenvalue weighted by Crippen LogP contribution is 2.17. The normalized spacial score (nSPS) is 12.5. The van der Waals surface area contributed by atoms with Gasteiger partial charge in [-0.3, -0.25) is 4.79 Å². The smallest absolute Gasteiger partial charge is 0.233 e. The van der Waals surface area contributed by atoms with E-state index in [1.54, 1.807) is 50.4 Å². The second-order valence-electron chi connectivity index (χ2n) is 4.79. The summed E-state index contributed by atoms with van der Waals surface area (Å²) >= 11 is 0. The highest BCUT2D eigenvalue weighted by atomic mass is 16.5. The zero-order valence-electron chi connectivity index (χ0n) is 12.5. The zero-order valence-corrected chi connectivity index (χ0v) is 12.5. The van der Waals surface area contributed by atoms with Crippen LogP contribution in [-0.4, -0.2) is 23.9 Å². The number of nitrogens with one attached hydrogen (secondary N) is 1. The minimum Gasteiger partial charge on any atom is -0.497 e. The van der Waals surface area contributed by atoms with Crippen LogP contribution in [0.5, 0.6) is 5.75 Å². The number of oxime groups is 1. The summed E-state index contributed by atoms with van der Waals surface area (Å²) in [4.78, 5) is 12.3. The van der Waals surface area contributed by atoms with E-state index in [2.05, 4.69) is 10.5 Å². The molecule has 2 aromatic rings. The van der Waals surface area contributed by atoms with E-state index in [4.69, 9.17) is 4.74 Å². The molecule has 0 spiro atoms. The minimum absolute atomic E-state index is 0.248. The van der Waals surface area contributed by atoms with Crippen LogP contribution in [0.25, 0.3) is 0 Å². The van der Waals surface area contributed by atoms with E-state index >= 15 is 0 Å². The van der Waals surface area contributed by atoms with Gasteiger partial charge in [-0.2, -0.15) is 0 Å². The first-order chi connectivity index (χ1) is 10.7. The molecule has 1 unspecified atom stereocenters. The van der Waals surface area contributed by atoms with Gasteiger partial charge in [-0.1, -0.05) is 35.5 Å². The summed E-state index contributed by atoms with van der Waals surface area (Å²) in [7, 11) is 1.58. The maximum atomic E-state index is 12.3. The standard InChI is InChI=1S/C17H18N2O3/c1-12(16(19-21)13-6-4-3-5-7-13)17(20)18-14-8-10-15(22-2)11-9-14/h3-12,21H,1-2H3,(H,18,20). The molecular formula is C17H18N2O3. The number of methoxy groups -OCH3 is 1. The number of hydrogen-bond donors (Lipinski definition) is 2. The van der Waals surface area contributed by atoms with Gasteiger partial charge in [0.1, 0.15) is 5.75 Å². The molecular weight excluding hydrogens is 280 g/mol. The van der Waals surface area contributed by atoms with Crippen LogP contribution < -0.4 is 10.1 Å². The van der Waals surface area contributed by atoms with Crippen LogP contribution in [0, 0.1) is 5.92 Å². The molecule has 0 aromatic heterocycles. The van der Waals surface area contributed by atoms with Crippen molar-refractivity contribution in [1.29, 1.82) is 0 Å². The van der Waals surface area contributed by atoms with Crippen molar-refractivity contribution in [3.05, 3.63) is 60.2 Å². The molecule has 0 aliphatic carbocycles. The van der Waals surface area contributed by atoms with Gasteiger partial charge in [0.2, 0.25) is 5.91 Å². The van der Waals surface area contributed by atoms with Crippen LogP contribution in [0.3, 0.4) is 0 Å². The highest BCUT2D eigenvalue weighted by molar-refractivity contribution is 6.15. The fourth-order valence-electron chi connectivity index (χ4n) is 2.05. The Morgan fingerprint density at radius 1 is 1.14 bits per heavy atom. The summed E-state index contributed by atoms with van der Waals surface area (Å²) in [6, 6.07) is 16.1. The van der Waals surface area contributed by atoms with E-state index in [0.29, 0.717) is 22.7 Å². The monoisotopic (exact) mass is 298 g/mol. The topological polar surface area (TPSA) is 70.9 Å². The van der Waals surface area contributed by atoms with E-state index < -0.39 is 5.92 Å². The largest absolute Gasteiger partial charge is 0.497 e. The Morgan fingerprint density at radius 2 is 1.77 bits per heavy atom. The molecule has 1 amide bonds. The number of hydrogen-bond acceptors (Lipinski definition) is 4. The maximum absolute atomic E-state index is 12.3. The summed E-state index contributed by atoms with van der Waals surface area (Å²) in [6.07, 6.45) is 0. The number of carbonyl (C=O) groups excluding carboxylic acids is 1. The molecule has 2 aromatic carbocycles. The molecule has 0 bridgehead atoms. The van der Waals surface area contributed by atoms with Crippen LogP contribution in [0.15, 0.2) is 59.8 Å². The van der Waals surface area contributed by atoms with Crippen molar-refractivity contribution >= 4 is 17.3 Å². The van der Waals surface area contributed by atoms with E-state index in [0.717, 1.165) is 0 Å². The second kappa shape index (κ2) is 7.26. The Balaban J connectivity index is 2.10. The average Bonchev–Trinajstić information content (AvgIpc) is 2.57. The fourth-order valence-corrected chi connectivity index (χ4v) is 2.05. The van der Waals surface area contributed by atoms with Gasteiger partial charge in [-0.15, -0.1) is 0 Å². The van der Waals surface area contributed by atoms with Gasteiger partial charge < -0.3 is 15.3 Å². The van der Waals surface area contributed by atoms with E-state index in [-0.39, 0.29) is 5.91 Å². The van der Waals surface area contributed by atoms with Crippen LogP contribution in [-0.2, 0) is 4.79 Å². The predicted octanol–water partition coefficient (Wildman–Crippen LogP) is 3.15. The number of rotatable bonds is 5. The zero-order chi connectivity index (χ0) is 15.9. The first-order valence-electron chi connectivity index (χ1n) is 6.88. The number of ether oxygens (including phenoxy) is 1. The summed E-state index contributed by atoms with van der Waals surface area (Å²) < 4.78 is 5.07. The number of benzene rings is 2. The lowest BCUT2D eigenvalue weighted by atomic mass is 9.97. The number of anilines is 1. The maximum Gasteiger partial charge on any atom is 0.233 e. The third-order valence-electron chi connectivity index (χ3n) is 3.34. The Morgan fingerprint density at radius 3 is 2.32 bits per heavy atom. The predicted molar refractivity (Wildman–Crippen MR) is 85.6 cm³/mol. The molecule has 114 valence electrons. The lowest BCUT2D eigenvalue weighted by Gasteiger charge is -2.14. The minimum atomic E-state index is -0.588. The van der Waals surface area contributed by atoms with E-state index in [1.807, 2.05) is 18.2 Å². The molecule has 1 atom stereocenters. The van der Waals surface area contributed by atoms with Gasteiger partial charge >= 0.3 is 0 Å². The Kier molecular flexibility index (Phi) is 5.14. The Labute approximate surface area is 129 Å². The fraction of sp³-hybridized carbons (Fsp3) is 0.176. The highest BCUT2D eigenvalue weighted by Gasteiger charge is 2.21. The molecule has 2 rings (SSSR count). The number of amides is 1. The Hall–Kier alpha value is -2.82. The summed E-state index contributed by atoms with van der Waals surface area (Å²) in [6.45, 7) is 1.70. The molecule has 0 heterocycles. The first kappa shape index (κ1) is 15.6. The quantitative estimate of drug-likeness (QED) is 0.506. The summed E-state index contributed by atoms with van der Waals surface area (Å²) in [5, 5.41) is 15.3. The molecule has 0 fully saturated rings. The molecule has 0 aliphatic heterocycles. The van der Waals surface area contributed by atoms with Crippen molar-refractivity contribution < 1.29 is 14.7 Å². The van der Waals surface area contributed by atoms with Crippen molar-refractivity contribution in [2.24, 2.45) is 11.1 Å². The summed E-state index contributed by atoms with van der Waals surface area (Å²) in [5.41, 5.74) is 1.69. The van der Waals surface area contributed by atoms with Gasteiger partial charge in [0.05, 0.1) is 18.7 Å². The molecule has 5 nitrogen and oxygen atoms in total. The van der Waals surface area contributed by atoms with Crippen molar-refractivity contribution in [1.82, 2.24) is 0 Å². The molecule has 22 heavy (non-hydrogen) atoms. The molecule has 0 aliphatic rings. The first-order valence-corrected chi connectivity index (χ1v) is 6.88. The second-order valence-corrected chi connectivity index (χ2v) is 4.79. The van der Waals surface area contributed by atoms with Gasteiger partial charge in [-0.25, -0.2) is 0 Å².